The van der Waals surface area contributed by atoms with Crippen LogP contribution in [0.3, 0.4) is 0 Å². The molecule has 0 aliphatic carbocycles. The highest BCUT2D eigenvalue weighted by Crippen LogP contribution is 2.10. The molecule has 1 fully saturated rings. The Morgan fingerprint density at radius 1 is 1.55 bits per heavy atom. The maximum absolute atomic E-state index is 12.4. The zero-order valence-corrected chi connectivity index (χ0v) is 12.5. The summed E-state index contributed by atoms with van der Waals surface area (Å²) in [7, 11) is 0. The van der Waals surface area contributed by atoms with E-state index in [2.05, 4.69) is 29.2 Å². The summed E-state index contributed by atoms with van der Waals surface area (Å²) in [4.78, 5) is 18.3. The van der Waals surface area contributed by atoms with Crippen molar-refractivity contribution in [2.75, 3.05) is 19.6 Å². The molecule has 6 heteroatoms. The molecule has 1 aliphatic rings. The highest BCUT2D eigenvalue weighted by Gasteiger charge is 2.21. The molecule has 1 saturated heterocycles. The Morgan fingerprint density at radius 3 is 3.00 bits per heavy atom. The van der Waals surface area contributed by atoms with E-state index >= 15 is 0 Å². The van der Waals surface area contributed by atoms with Gasteiger partial charge in [-0.1, -0.05) is 13.8 Å². The summed E-state index contributed by atoms with van der Waals surface area (Å²) in [6.07, 6.45) is 6.03. The summed E-state index contributed by atoms with van der Waals surface area (Å²) < 4.78 is 1.71. The Kier molecular flexibility index (Phi) is 5.52. The second-order valence-electron chi connectivity index (χ2n) is 5.89. The SMILES string of the molecule is CC(C)CN(CC1CCCN1)C(=O)CCn1cncn1. The molecule has 1 aromatic heterocycles. The molecule has 2 rings (SSSR count). The van der Waals surface area contributed by atoms with Gasteiger partial charge in [0.15, 0.2) is 0 Å². The van der Waals surface area contributed by atoms with E-state index in [4.69, 9.17) is 0 Å². The number of nitrogens with zero attached hydrogens (tertiary/aromatic N) is 4. The van der Waals surface area contributed by atoms with Crippen molar-refractivity contribution in [2.45, 2.75) is 45.7 Å². The monoisotopic (exact) mass is 279 g/mol. The third-order valence-corrected chi connectivity index (χ3v) is 3.56. The van der Waals surface area contributed by atoms with Gasteiger partial charge in [0.2, 0.25) is 5.91 Å². The lowest BCUT2D eigenvalue weighted by Gasteiger charge is -2.27. The highest BCUT2D eigenvalue weighted by atomic mass is 16.2. The number of aryl methyl sites for hydroxylation is 1. The molecule has 1 amide bonds. The molecule has 1 aliphatic heterocycles. The van der Waals surface area contributed by atoms with Gasteiger partial charge in [0, 0.05) is 25.6 Å². The van der Waals surface area contributed by atoms with Crippen LogP contribution in [-0.4, -0.2) is 51.2 Å². The van der Waals surface area contributed by atoms with Crippen LogP contribution in [0.5, 0.6) is 0 Å². The number of hydrogen-bond acceptors (Lipinski definition) is 4. The molecule has 0 spiro atoms. The third kappa shape index (κ3) is 4.59. The van der Waals surface area contributed by atoms with Crippen molar-refractivity contribution in [3.63, 3.8) is 0 Å². The molecule has 1 unspecified atom stereocenters. The molecular formula is C14H25N5O. The number of amides is 1. The van der Waals surface area contributed by atoms with Crippen molar-refractivity contribution < 1.29 is 4.79 Å². The largest absolute Gasteiger partial charge is 0.341 e. The fourth-order valence-electron chi connectivity index (χ4n) is 2.61. The minimum absolute atomic E-state index is 0.211. The zero-order valence-electron chi connectivity index (χ0n) is 12.5. The molecule has 2 heterocycles. The number of carbonyl (C=O) groups excluding carboxylic acids is 1. The number of nitrogens with one attached hydrogen (secondary N) is 1. The van der Waals surface area contributed by atoms with E-state index < -0.39 is 0 Å². The van der Waals surface area contributed by atoms with Gasteiger partial charge in [-0.3, -0.25) is 9.48 Å². The Hall–Kier alpha value is -1.43. The third-order valence-electron chi connectivity index (χ3n) is 3.56. The Labute approximate surface area is 120 Å². The summed E-state index contributed by atoms with van der Waals surface area (Å²) >= 11 is 0. The number of hydrogen-bond donors (Lipinski definition) is 1. The Balaban J connectivity index is 1.85. The van der Waals surface area contributed by atoms with Crippen molar-refractivity contribution in [1.82, 2.24) is 25.0 Å². The van der Waals surface area contributed by atoms with Crippen LogP contribution in [0, 0.1) is 5.92 Å². The Bertz CT molecular complexity index is 398. The van der Waals surface area contributed by atoms with Crippen LogP contribution < -0.4 is 5.32 Å². The predicted molar refractivity (Wildman–Crippen MR) is 77.1 cm³/mol. The zero-order chi connectivity index (χ0) is 14.4. The van der Waals surface area contributed by atoms with Gasteiger partial charge in [0.25, 0.3) is 0 Å². The molecule has 0 saturated carbocycles. The normalized spacial score (nSPS) is 18.6. The summed E-state index contributed by atoms with van der Waals surface area (Å²) in [5, 5.41) is 7.50. The fourth-order valence-corrected chi connectivity index (χ4v) is 2.61. The molecule has 1 atom stereocenters. The highest BCUT2D eigenvalue weighted by molar-refractivity contribution is 5.76. The van der Waals surface area contributed by atoms with Crippen molar-refractivity contribution in [3.05, 3.63) is 12.7 Å². The van der Waals surface area contributed by atoms with E-state index in [0.717, 1.165) is 19.6 Å². The van der Waals surface area contributed by atoms with Gasteiger partial charge in [-0.05, 0) is 25.3 Å². The first-order chi connectivity index (χ1) is 9.65. The van der Waals surface area contributed by atoms with E-state index in [1.165, 1.54) is 19.2 Å². The minimum atomic E-state index is 0.211. The summed E-state index contributed by atoms with van der Waals surface area (Å²) in [6, 6.07) is 0.462. The number of carbonyl (C=O) groups is 1. The number of rotatable bonds is 7. The van der Waals surface area contributed by atoms with Crippen LogP contribution in [0.1, 0.15) is 33.1 Å². The van der Waals surface area contributed by atoms with Gasteiger partial charge in [-0.15, -0.1) is 0 Å². The Morgan fingerprint density at radius 2 is 2.40 bits per heavy atom. The smallest absolute Gasteiger partial charge is 0.224 e. The van der Waals surface area contributed by atoms with Crippen LogP contribution in [-0.2, 0) is 11.3 Å². The number of aromatic nitrogens is 3. The molecular weight excluding hydrogens is 254 g/mol. The first kappa shape index (κ1) is 15.0. The van der Waals surface area contributed by atoms with Crippen molar-refractivity contribution in [1.29, 1.82) is 0 Å². The first-order valence-electron chi connectivity index (χ1n) is 7.48. The lowest BCUT2D eigenvalue weighted by molar-refractivity contribution is -0.132. The fraction of sp³-hybridized carbons (Fsp3) is 0.786. The molecule has 0 bridgehead atoms. The van der Waals surface area contributed by atoms with Crippen LogP contribution in [0.25, 0.3) is 0 Å². The van der Waals surface area contributed by atoms with E-state index in [9.17, 15) is 4.79 Å². The predicted octanol–water partition coefficient (Wildman–Crippen LogP) is 0.905. The van der Waals surface area contributed by atoms with E-state index in [-0.39, 0.29) is 5.91 Å². The lowest BCUT2D eigenvalue weighted by Crippen LogP contribution is -2.43. The van der Waals surface area contributed by atoms with Crippen molar-refractivity contribution in [2.24, 2.45) is 5.92 Å². The van der Waals surface area contributed by atoms with Gasteiger partial charge >= 0.3 is 0 Å². The van der Waals surface area contributed by atoms with Gasteiger partial charge < -0.3 is 10.2 Å². The van der Waals surface area contributed by atoms with Crippen LogP contribution >= 0.6 is 0 Å². The summed E-state index contributed by atoms with van der Waals surface area (Å²) in [5.74, 6) is 0.703. The maximum atomic E-state index is 12.4. The van der Waals surface area contributed by atoms with Crippen molar-refractivity contribution in [3.8, 4) is 0 Å². The topological polar surface area (TPSA) is 63.1 Å². The first-order valence-corrected chi connectivity index (χ1v) is 7.48. The maximum Gasteiger partial charge on any atom is 0.224 e. The van der Waals surface area contributed by atoms with Crippen molar-refractivity contribution >= 4 is 5.91 Å². The molecule has 1 aromatic rings. The van der Waals surface area contributed by atoms with Gasteiger partial charge in [0.05, 0.1) is 6.54 Å². The molecule has 0 radical (unpaired) electrons. The molecule has 1 N–H and O–H groups in total. The van der Waals surface area contributed by atoms with Gasteiger partial charge in [-0.25, -0.2) is 4.98 Å². The second-order valence-corrected chi connectivity index (χ2v) is 5.89. The summed E-state index contributed by atoms with van der Waals surface area (Å²) in [6.45, 7) is 7.64. The molecule has 0 aromatic carbocycles. The van der Waals surface area contributed by atoms with Gasteiger partial charge in [-0.2, -0.15) is 5.10 Å². The average molecular weight is 279 g/mol. The minimum Gasteiger partial charge on any atom is -0.341 e. The van der Waals surface area contributed by atoms with E-state index in [1.54, 1.807) is 11.0 Å². The van der Waals surface area contributed by atoms with Gasteiger partial charge in [0.1, 0.15) is 12.7 Å². The lowest BCUT2D eigenvalue weighted by atomic mass is 10.1. The average Bonchev–Trinajstić information content (AvgIpc) is 3.07. The summed E-state index contributed by atoms with van der Waals surface area (Å²) in [5.41, 5.74) is 0. The standard InChI is InChI=1S/C14H25N5O/c1-12(2)8-18(9-13-4-3-6-16-13)14(20)5-7-19-11-15-10-17-19/h10-13,16H,3-9H2,1-2H3. The van der Waals surface area contributed by atoms with E-state index in [1.807, 2.05) is 4.90 Å². The quantitative estimate of drug-likeness (QED) is 0.805. The molecule has 112 valence electrons. The second kappa shape index (κ2) is 7.38. The van der Waals surface area contributed by atoms with Crippen LogP contribution in [0.2, 0.25) is 0 Å². The molecule has 20 heavy (non-hydrogen) atoms. The molecule has 6 nitrogen and oxygen atoms in total. The van der Waals surface area contributed by atoms with E-state index in [0.29, 0.717) is 24.9 Å². The van der Waals surface area contributed by atoms with Crippen LogP contribution in [0.4, 0.5) is 0 Å². The van der Waals surface area contributed by atoms with Crippen LogP contribution in [0.15, 0.2) is 12.7 Å².